The van der Waals surface area contributed by atoms with Crippen LogP contribution in [-0.4, -0.2) is 76.8 Å². The van der Waals surface area contributed by atoms with Crippen molar-refractivity contribution in [3.8, 4) is 11.5 Å². The average Bonchev–Trinajstić information content (AvgIpc) is 3.28. The van der Waals surface area contributed by atoms with Gasteiger partial charge in [0, 0.05) is 30.6 Å². The largest absolute Gasteiger partial charge is 0.492 e. The second-order valence-electron chi connectivity index (χ2n) is 12.2. The number of morpholine rings is 1. The van der Waals surface area contributed by atoms with Crippen molar-refractivity contribution >= 4 is 43.9 Å². The van der Waals surface area contributed by atoms with Gasteiger partial charge in [-0.25, -0.2) is 8.42 Å². The van der Waals surface area contributed by atoms with Gasteiger partial charge in [0.05, 0.1) is 36.9 Å². The van der Waals surface area contributed by atoms with Gasteiger partial charge in [-0.2, -0.15) is 0 Å². The number of carbonyl (C=O) groups is 2. The fourth-order valence-corrected chi connectivity index (χ4v) is 6.26. The van der Waals surface area contributed by atoms with Crippen LogP contribution in [0, 0.1) is 0 Å². The van der Waals surface area contributed by atoms with Crippen LogP contribution in [0.2, 0.25) is 0 Å². The third kappa shape index (κ3) is 7.11. The number of sulfonamides is 1. The molecule has 10 nitrogen and oxygen atoms in total. The van der Waals surface area contributed by atoms with Crippen LogP contribution >= 0.6 is 0 Å². The average molecular weight is 610 g/mol. The highest BCUT2D eigenvalue weighted by Crippen LogP contribution is 2.39. The molecule has 230 valence electrons. The van der Waals surface area contributed by atoms with E-state index < -0.39 is 27.1 Å². The lowest BCUT2D eigenvalue weighted by atomic mass is 9.86. The number of ketones is 1. The molecule has 3 aromatic rings. The maximum Gasteiger partial charge on any atom is 0.296 e. The van der Waals surface area contributed by atoms with Crippen molar-refractivity contribution in [2.45, 2.75) is 51.2 Å². The van der Waals surface area contributed by atoms with Gasteiger partial charge in [-0.15, -0.1) is 0 Å². The Bertz CT molecular complexity index is 1640. The Morgan fingerprint density at radius 3 is 2.28 bits per heavy atom. The molecule has 2 unspecified atom stereocenters. The molecular weight excluding hydrogens is 570 g/mol. The minimum absolute atomic E-state index is 0.0986. The number of amides is 1. The lowest BCUT2D eigenvalue weighted by Crippen LogP contribution is -2.44. The van der Waals surface area contributed by atoms with Gasteiger partial charge in [0.25, 0.3) is 11.7 Å². The molecule has 1 amide bonds. The number of rotatable bonds is 10. The molecule has 2 fully saturated rings. The number of anilines is 2. The summed E-state index contributed by atoms with van der Waals surface area (Å²) in [5.74, 6) is -0.885. The van der Waals surface area contributed by atoms with Crippen LogP contribution < -0.4 is 19.5 Å². The van der Waals surface area contributed by atoms with Crippen LogP contribution in [0.5, 0.6) is 11.5 Å². The Labute approximate surface area is 252 Å². The Morgan fingerprint density at radius 1 is 1.00 bits per heavy atom. The maximum atomic E-state index is 13.5. The van der Waals surface area contributed by atoms with Crippen molar-refractivity contribution in [3.63, 3.8) is 0 Å². The first-order valence-electron chi connectivity index (χ1n) is 14.4. The zero-order chi connectivity index (χ0) is 30.9. The smallest absolute Gasteiger partial charge is 0.296 e. The number of hydrogen-bond donors (Lipinski definition) is 2. The van der Waals surface area contributed by atoms with E-state index in [-0.39, 0.29) is 22.7 Å². The first-order chi connectivity index (χ1) is 20.3. The summed E-state index contributed by atoms with van der Waals surface area (Å²) < 4.78 is 44.1. The van der Waals surface area contributed by atoms with Crippen molar-refractivity contribution in [2.24, 2.45) is 0 Å². The predicted molar refractivity (Wildman–Crippen MR) is 167 cm³/mol. The van der Waals surface area contributed by atoms with Gasteiger partial charge in [0.15, 0.2) is 5.75 Å². The lowest BCUT2D eigenvalue weighted by molar-refractivity contribution is -0.112. The summed E-state index contributed by atoms with van der Waals surface area (Å²) in [6.45, 7) is 8.96. The fourth-order valence-electron chi connectivity index (χ4n) is 5.71. The quantitative estimate of drug-likeness (QED) is 0.253. The highest BCUT2D eigenvalue weighted by atomic mass is 32.2. The van der Waals surface area contributed by atoms with Gasteiger partial charge in [-0.05, 0) is 53.5 Å². The number of nitrogens with zero attached hydrogens (tertiary/aromatic N) is 1. The summed E-state index contributed by atoms with van der Waals surface area (Å²) in [5.41, 5.74) is 0.915. The van der Waals surface area contributed by atoms with E-state index >= 15 is 0 Å². The molecule has 3 aromatic carbocycles. The fraction of sp³-hybridized carbons (Fsp3) is 0.438. The third-order valence-electron chi connectivity index (χ3n) is 7.82. The molecule has 2 aliphatic heterocycles. The number of methoxy groups -OCH3 is 1. The summed E-state index contributed by atoms with van der Waals surface area (Å²) in [5, 5.41) is 3.99. The Morgan fingerprint density at radius 2 is 1.65 bits per heavy atom. The van der Waals surface area contributed by atoms with Crippen molar-refractivity contribution in [1.82, 2.24) is 4.90 Å². The van der Waals surface area contributed by atoms with E-state index in [1.165, 1.54) is 7.11 Å². The van der Waals surface area contributed by atoms with Gasteiger partial charge in [-0.3, -0.25) is 19.2 Å². The molecule has 2 atom stereocenters. The number of benzene rings is 3. The zero-order valence-corrected chi connectivity index (χ0v) is 26.0. The first kappa shape index (κ1) is 30.8. The number of carbonyl (C=O) groups excluding carboxylic acids is 2. The molecule has 43 heavy (non-hydrogen) atoms. The number of Topliss-reactive ketones (excluding diaryl/α,β-unsaturated/α-hetero) is 1. The molecule has 0 saturated carbocycles. The van der Waals surface area contributed by atoms with Crippen LogP contribution in [0.4, 0.5) is 11.4 Å². The van der Waals surface area contributed by atoms with Crippen LogP contribution in [0.25, 0.3) is 10.8 Å². The van der Waals surface area contributed by atoms with E-state index in [2.05, 4.69) is 14.9 Å². The van der Waals surface area contributed by atoms with E-state index in [9.17, 15) is 18.0 Å². The Balaban J connectivity index is 1.37. The summed E-state index contributed by atoms with van der Waals surface area (Å²) >= 11 is 0. The Kier molecular flexibility index (Phi) is 8.69. The van der Waals surface area contributed by atoms with Gasteiger partial charge in [0.1, 0.15) is 12.4 Å². The maximum absolute atomic E-state index is 13.5. The SMILES string of the molecule is COc1c(NC(=O)C(=O)c2ccc(OCCN3CC4CCC(C3)O4)c3ccccc23)cc(C(C)(C)C)cc1NS(C)(=O)=O. The molecule has 2 bridgehead atoms. The molecule has 0 aromatic heterocycles. The highest BCUT2D eigenvalue weighted by molar-refractivity contribution is 7.92. The zero-order valence-electron chi connectivity index (χ0n) is 25.2. The number of nitrogens with one attached hydrogen (secondary N) is 2. The van der Waals surface area contributed by atoms with Gasteiger partial charge < -0.3 is 19.5 Å². The highest BCUT2D eigenvalue weighted by Gasteiger charge is 2.33. The first-order valence-corrected chi connectivity index (χ1v) is 16.3. The molecule has 0 aliphatic carbocycles. The van der Waals surface area contributed by atoms with Gasteiger partial charge in [0.2, 0.25) is 10.0 Å². The van der Waals surface area contributed by atoms with Gasteiger partial charge >= 0.3 is 0 Å². The lowest BCUT2D eigenvalue weighted by Gasteiger charge is -2.31. The number of ether oxygens (including phenoxy) is 3. The molecule has 2 N–H and O–H groups in total. The van der Waals surface area contributed by atoms with E-state index in [4.69, 9.17) is 14.2 Å². The number of fused-ring (bicyclic) bond motifs is 3. The molecule has 11 heteroatoms. The van der Waals surface area contributed by atoms with Crippen LogP contribution in [0.3, 0.4) is 0 Å². The van der Waals surface area contributed by atoms with Crippen LogP contribution in [-0.2, 0) is 25.0 Å². The topological polar surface area (TPSA) is 123 Å². The summed E-state index contributed by atoms with van der Waals surface area (Å²) in [7, 11) is -2.28. The second kappa shape index (κ2) is 12.1. The molecule has 2 heterocycles. The van der Waals surface area contributed by atoms with E-state index in [1.807, 2.05) is 39.0 Å². The standard InChI is InChI=1S/C32H39N3O7S/c1-32(2,3)20-16-26(30(40-4)27(17-20)34-43(5,38)39)33-31(37)29(36)25-12-13-28(24-9-7-6-8-23(24)25)41-15-14-35-18-21-10-11-22(19-35)42-21/h6-9,12-13,16-17,21-22,34H,10-11,14-15,18-19H2,1-5H3,(H,33,37). The molecule has 2 saturated heterocycles. The van der Waals surface area contributed by atoms with E-state index in [1.54, 1.807) is 30.3 Å². The van der Waals surface area contributed by atoms with Crippen molar-refractivity contribution < 1.29 is 32.2 Å². The minimum Gasteiger partial charge on any atom is -0.492 e. The Hall–Kier alpha value is -3.67. The van der Waals surface area contributed by atoms with E-state index in [0.717, 1.165) is 49.7 Å². The summed E-state index contributed by atoms with van der Waals surface area (Å²) in [6.07, 6.45) is 3.89. The molecule has 0 spiro atoms. The van der Waals surface area contributed by atoms with Crippen molar-refractivity contribution in [2.75, 3.05) is 49.6 Å². The molecule has 5 rings (SSSR count). The van der Waals surface area contributed by atoms with Crippen LogP contribution in [0.15, 0.2) is 48.5 Å². The van der Waals surface area contributed by atoms with E-state index in [0.29, 0.717) is 30.0 Å². The third-order valence-corrected chi connectivity index (χ3v) is 8.41. The van der Waals surface area contributed by atoms with Gasteiger partial charge in [-0.1, -0.05) is 45.0 Å². The number of hydrogen-bond acceptors (Lipinski definition) is 8. The molecular formula is C32H39N3O7S. The summed E-state index contributed by atoms with van der Waals surface area (Å²) in [6, 6.07) is 14.0. The van der Waals surface area contributed by atoms with Crippen LogP contribution in [0.1, 0.15) is 49.5 Å². The molecule has 0 radical (unpaired) electrons. The normalized spacial score (nSPS) is 18.8. The predicted octanol–water partition coefficient (Wildman–Crippen LogP) is 4.58. The monoisotopic (exact) mass is 609 g/mol. The van der Waals surface area contributed by atoms with Crippen molar-refractivity contribution in [1.29, 1.82) is 0 Å². The van der Waals surface area contributed by atoms with Crippen molar-refractivity contribution in [3.05, 3.63) is 59.7 Å². The molecule has 2 aliphatic rings. The number of likely N-dealkylation sites (tertiary alicyclic amines) is 1. The summed E-state index contributed by atoms with van der Waals surface area (Å²) in [4.78, 5) is 29.3. The minimum atomic E-state index is -3.65. The second-order valence-corrected chi connectivity index (χ2v) is 14.0.